The molecule has 3 aromatic rings. The van der Waals surface area contributed by atoms with Crippen molar-refractivity contribution in [1.29, 1.82) is 0 Å². The van der Waals surface area contributed by atoms with Crippen LogP contribution in [0.4, 0.5) is 10.1 Å². The predicted octanol–water partition coefficient (Wildman–Crippen LogP) is 5.02. The Hall–Kier alpha value is -3.29. The maximum absolute atomic E-state index is 12.9. The van der Waals surface area contributed by atoms with Gasteiger partial charge in [-0.25, -0.2) is 9.18 Å². The maximum atomic E-state index is 12.9. The quantitative estimate of drug-likeness (QED) is 0.197. The van der Waals surface area contributed by atoms with Crippen LogP contribution in [0.15, 0.2) is 77.9 Å². The minimum atomic E-state index is -0.493. The summed E-state index contributed by atoms with van der Waals surface area (Å²) < 4.78 is 18.2. The molecule has 146 valence electrons. The number of esters is 1. The molecule has 0 amide bonds. The zero-order chi connectivity index (χ0) is 20.6. The first-order valence-corrected chi connectivity index (χ1v) is 9.22. The van der Waals surface area contributed by atoms with Crippen molar-refractivity contribution in [3.8, 4) is 5.75 Å². The number of carbonyl (C=O) groups excluding carboxylic acids is 1. The van der Waals surface area contributed by atoms with Crippen molar-refractivity contribution in [2.24, 2.45) is 5.10 Å². The van der Waals surface area contributed by atoms with Crippen molar-refractivity contribution in [2.45, 2.75) is 0 Å². The Bertz CT molecular complexity index is 1040. The molecular formula is C21H15ClFN3O2S. The van der Waals surface area contributed by atoms with Gasteiger partial charge in [-0.3, -0.25) is 5.43 Å². The summed E-state index contributed by atoms with van der Waals surface area (Å²) in [7, 11) is 0. The van der Waals surface area contributed by atoms with Gasteiger partial charge in [-0.05, 0) is 84.5 Å². The number of benzene rings is 3. The van der Waals surface area contributed by atoms with E-state index in [0.717, 1.165) is 5.56 Å². The van der Waals surface area contributed by atoms with E-state index in [2.05, 4.69) is 15.8 Å². The van der Waals surface area contributed by atoms with Crippen LogP contribution in [-0.4, -0.2) is 17.3 Å². The third kappa shape index (κ3) is 6.38. The van der Waals surface area contributed by atoms with E-state index < -0.39 is 5.97 Å². The summed E-state index contributed by atoms with van der Waals surface area (Å²) in [5, 5.41) is 7.63. The van der Waals surface area contributed by atoms with Gasteiger partial charge in [0.15, 0.2) is 5.11 Å². The van der Waals surface area contributed by atoms with Crippen molar-refractivity contribution in [3.05, 3.63) is 94.8 Å². The minimum absolute atomic E-state index is 0.264. The minimum Gasteiger partial charge on any atom is -0.423 e. The van der Waals surface area contributed by atoms with Gasteiger partial charge in [-0.1, -0.05) is 17.7 Å². The molecule has 0 aliphatic heterocycles. The van der Waals surface area contributed by atoms with Gasteiger partial charge in [0.1, 0.15) is 11.6 Å². The van der Waals surface area contributed by atoms with Gasteiger partial charge in [0.05, 0.1) is 11.8 Å². The molecule has 0 saturated heterocycles. The zero-order valence-corrected chi connectivity index (χ0v) is 16.5. The van der Waals surface area contributed by atoms with Gasteiger partial charge in [-0.15, -0.1) is 0 Å². The number of hydrogen-bond acceptors (Lipinski definition) is 4. The van der Waals surface area contributed by atoms with E-state index in [-0.39, 0.29) is 10.9 Å². The molecule has 8 heteroatoms. The molecule has 0 aromatic heterocycles. The lowest BCUT2D eigenvalue weighted by Gasteiger charge is -2.06. The number of rotatable bonds is 5. The first kappa shape index (κ1) is 20.4. The Balaban J connectivity index is 1.51. The molecule has 3 aromatic carbocycles. The number of thiocarbonyl (C=S) groups is 1. The molecule has 2 N–H and O–H groups in total. The van der Waals surface area contributed by atoms with Gasteiger partial charge in [0, 0.05) is 10.7 Å². The number of halogens is 2. The number of anilines is 1. The average molecular weight is 428 g/mol. The fraction of sp³-hybridized carbons (Fsp3) is 0. The highest BCUT2D eigenvalue weighted by molar-refractivity contribution is 7.80. The Labute approximate surface area is 177 Å². The van der Waals surface area contributed by atoms with E-state index in [4.69, 9.17) is 28.6 Å². The van der Waals surface area contributed by atoms with Crippen LogP contribution in [0, 0.1) is 5.82 Å². The van der Waals surface area contributed by atoms with Gasteiger partial charge < -0.3 is 10.1 Å². The van der Waals surface area contributed by atoms with Crippen molar-refractivity contribution < 1.29 is 13.9 Å². The molecule has 29 heavy (non-hydrogen) atoms. The van der Waals surface area contributed by atoms with Crippen molar-refractivity contribution in [2.75, 3.05) is 5.32 Å². The van der Waals surface area contributed by atoms with Crippen LogP contribution in [0.2, 0.25) is 5.02 Å². The molecule has 0 heterocycles. The van der Waals surface area contributed by atoms with Crippen LogP contribution in [0.3, 0.4) is 0 Å². The maximum Gasteiger partial charge on any atom is 0.343 e. The van der Waals surface area contributed by atoms with E-state index in [0.29, 0.717) is 22.0 Å². The zero-order valence-electron chi connectivity index (χ0n) is 14.9. The molecule has 0 aliphatic carbocycles. The van der Waals surface area contributed by atoms with Gasteiger partial charge >= 0.3 is 5.97 Å². The molecule has 0 radical (unpaired) electrons. The first-order valence-electron chi connectivity index (χ1n) is 8.43. The van der Waals surface area contributed by atoms with Crippen LogP contribution >= 0.6 is 23.8 Å². The molecule has 5 nitrogen and oxygen atoms in total. The van der Waals surface area contributed by atoms with Crippen molar-refractivity contribution >= 4 is 46.8 Å². The van der Waals surface area contributed by atoms with E-state index in [1.807, 2.05) is 0 Å². The lowest BCUT2D eigenvalue weighted by atomic mass is 10.2. The summed E-state index contributed by atoms with van der Waals surface area (Å²) in [6, 6.07) is 19.1. The number of nitrogens with zero attached hydrogens (tertiary/aromatic N) is 1. The number of hydrazone groups is 1. The Kier molecular flexibility index (Phi) is 6.89. The summed E-state index contributed by atoms with van der Waals surface area (Å²) in [4.78, 5) is 12.1. The lowest BCUT2D eigenvalue weighted by Crippen LogP contribution is -2.23. The van der Waals surface area contributed by atoms with Crippen molar-refractivity contribution in [3.63, 3.8) is 0 Å². The van der Waals surface area contributed by atoms with Gasteiger partial charge in [0.2, 0.25) is 0 Å². The monoisotopic (exact) mass is 427 g/mol. The van der Waals surface area contributed by atoms with Crippen LogP contribution in [0.1, 0.15) is 15.9 Å². The summed E-state index contributed by atoms with van der Waals surface area (Å²) in [5.41, 5.74) is 4.45. The van der Waals surface area contributed by atoms with Crippen LogP contribution in [0.25, 0.3) is 0 Å². The van der Waals surface area contributed by atoms with Gasteiger partial charge in [-0.2, -0.15) is 5.10 Å². The highest BCUT2D eigenvalue weighted by Crippen LogP contribution is 2.16. The third-order valence-corrected chi connectivity index (χ3v) is 4.06. The fourth-order valence-corrected chi connectivity index (χ4v) is 2.62. The van der Waals surface area contributed by atoms with Gasteiger partial charge in [0.25, 0.3) is 0 Å². The van der Waals surface area contributed by atoms with Crippen LogP contribution in [-0.2, 0) is 0 Å². The molecule has 0 bridgehead atoms. The Morgan fingerprint density at radius 3 is 2.48 bits per heavy atom. The number of hydrogen-bond donors (Lipinski definition) is 2. The van der Waals surface area contributed by atoms with E-state index in [1.165, 1.54) is 12.1 Å². The molecule has 0 spiro atoms. The highest BCUT2D eigenvalue weighted by Gasteiger charge is 2.08. The lowest BCUT2D eigenvalue weighted by molar-refractivity contribution is 0.0735. The average Bonchev–Trinajstić information content (AvgIpc) is 2.71. The Morgan fingerprint density at radius 1 is 1.07 bits per heavy atom. The number of nitrogens with one attached hydrogen (secondary N) is 2. The summed E-state index contributed by atoms with van der Waals surface area (Å²) in [5.74, 6) is -0.421. The fourth-order valence-electron chi connectivity index (χ4n) is 2.26. The third-order valence-electron chi connectivity index (χ3n) is 3.63. The second-order valence-corrected chi connectivity index (χ2v) is 6.64. The van der Waals surface area contributed by atoms with E-state index in [9.17, 15) is 9.18 Å². The highest BCUT2D eigenvalue weighted by atomic mass is 35.5. The van der Waals surface area contributed by atoms with Crippen LogP contribution < -0.4 is 15.5 Å². The molecule has 0 atom stereocenters. The Morgan fingerprint density at radius 2 is 1.79 bits per heavy atom. The first-order chi connectivity index (χ1) is 14.0. The predicted molar refractivity (Wildman–Crippen MR) is 116 cm³/mol. The van der Waals surface area contributed by atoms with E-state index in [1.54, 1.807) is 66.9 Å². The van der Waals surface area contributed by atoms with Crippen molar-refractivity contribution in [1.82, 2.24) is 5.43 Å². The standard InChI is InChI=1S/C21H15ClFN3O2S/c22-16-3-1-2-15(12-16)20(27)28-19-10-4-14(5-11-19)13-24-26-21(29)25-18-8-6-17(23)7-9-18/h1-13H,(H2,25,26,29)/b24-13-. The summed E-state index contributed by atoms with van der Waals surface area (Å²) in [6.45, 7) is 0. The second-order valence-electron chi connectivity index (χ2n) is 5.80. The molecule has 0 fully saturated rings. The molecule has 0 aliphatic rings. The smallest absolute Gasteiger partial charge is 0.343 e. The number of carbonyl (C=O) groups is 1. The molecule has 0 unspecified atom stereocenters. The van der Waals surface area contributed by atoms with Crippen LogP contribution in [0.5, 0.6) is 5.75 Å². The summed E-state index contributed by atoms with van der Waals surface area (Å²) in [6.07, 6.45) is 1.56. The summed E-state index contributed by atoms with van der Waals surface area (Å²) >= 11 is 11.0. The molecule has 0 saturated carbocycles. The molecular weight excluding hydrogens is 413 g/mol. The topological polar surface area (TPSA) is 62.7 Å². The number of ether oxygens (including phenoxy) is 1. The largest absolute Gasteiger partial charge is 0.423 e. The SMILES string of the molecule is O=C(Oc1ccc(/C=N\NC(=S)Nc2ccc(F)cc2)cc1)c1cccc(Cl)c1. The van der Waals surface area contributed by atoms with E-state index >= 15 is 0 Å². The normalized spacial score (nSPS) is 10.6. The second kappa shape index (κ2) is 9.77. The molecule has 3 rings (SSSR count).